The average molecular weight is 603 g/mol. The van der Waals surface area contributed by atoms with Crippen molar-refractivity contribution >= 4 is 43.5 Å². The number of nitrogens with one attached hydrogen (secondary N) is 1. The summed E-state index contributed by atoms with van der Waals surface area (Å²) in [6.45, 7) is 3.74. The number of hydrogen-bond acceptors (Lipinski definition) is 5. The molecule has 202 valence electrons. The quantitative estimate of drug-likeness (QED) is 0.317. The van der Waals surface area contributed by atoms with Crippen LogP contribution in [0.5, 0.6) is 11.5 Å². The molecule has 0 saturated heterocycles. The Labute approximate surface area is 232 Å². The zero-order valence-electron chi connectivity index (χ0n) is 21.6. The molecule has 0 radical (unpaired) electrons. The van der Waals surface area contributed by atoms with Crippen LogP contribution in [0.25, 0.3) is 0 Å². The minimum atomic E-state index is -3.82. The van der Waals surface area contributed by atoms with Crippen molar-refractivity contribution in [2.45, 2.75) is 32.9 Å². The number of rotatable bonds is 12. The number of carbonyl (C=O) groups excluding carboxylic acids is 2. The average Bonchev–Trinajstić information content (AvgIpc) is 2.89. The molecule has 0 aliphatic rings. The van der Waals surface area contributed by atoms with Gasteiger partial charge < -0.3 is 15.0 Å². The Kier molecular flexibility index (Phi) is 10.3. The number of amides is 2. The molecule has 0 fully saturated rings. The summed E-state index contributed by atoms with van der Waals surface area (Å²) in [5.41, 5.74) is 1.11. The van der Waals surface area contributed by atoms with E-state index in [4.69, 9.17) is 4.74 Å². The van der Waals surface area contributed by atoms with Crippen LogP contribution in [0.4, 0.5) is 5.69 Å². The van der Waals surface area contributed by atoms with Gasteiger partial charge in [0.05, 0.1) is 11.9 Å². The molecule has 1 N–H and O–H groups in total. The molecule has 0 unspecified atom stereocenters. The van der Waals surface area contributed by atoms with E-state index in [0.29, 0.717) is 23.7 Å². The fraction of sp³-hybridized carbons (Fsp3) is 0.286. The van der Waals surface area contributed by atoms with Gasteiger partial charge in [-0.05, 0) is 67.4 Å². The van der Waals surface area contributed by atoms with Crippen LogP contribution in [0.15, 0.2) is 83.3 Å². The zero-order valence-corrected chi connectivity index (χ0v) is 24.0. The Bertz CT molecular complexity index is 1330. The molecule has 3 rings (SSSR count). The van der Waals surface area contributed by atoms with Crippen LogP contribution < -0.4 is 14.4 Å². The van der Waals surface area contributed by atoms with E-state index in [-0.39, 0.29) is 12.5 Å². The fourth-order valence-corrected chi connectivity index (χ4v) is 5.03. The number of nitrogens with zero attached hydrogens (tertiary/aromatic N) is 2. The normalized spacial score (nSPS) is 11.9. The van der Waals surface area contributed by atoms with Gasteiger partial charge in [0.15, 0.2) is 0 Å². The third kappa shape index (κ3) is 8.32. The Morgan fingerprint density at radius 3 is 2.24 bits per heavy atom. The summed E-state index contributed by atoms with van der Waals surface area (Å²) in [4.78, 5) is 27.8. The molecule has 0 aliphatic heterocycles. The minimum absolute atomic E-state index is 0.139. The lowest BCUT2D eigenvalue weighted by atomic mass is 10.1. The summed E-state index contributed by atoms with van der Waals surface area (Å²) >= 11 is 3.43. The first-order valence-electron chi connectivity index (χ1n) is 12.2. The molecule has 3 aromatic carbocycles. The number of ether oxygens (including phenoxy) is 1. The van der Waals surface area contributed by atoms with Crippen LogP contribution in [0.3, 0.4) is 0 Å². The first-order valence-corrected chi connectivity index (χ1v) is 14.8. The Morgan fingerprint density at radius 2 is 1.63 bits per heavy atom. The zero-order chi connectivity index (χ0) is 27.7. The van der Waals surface area contributed by atoms with Gasteiger partial charge in [0.2, 0.25) is 21.8 Å². The van der Waals surface area contributed by atoms with Crippen molar-refractivity contribution in [2.24, 2.45) is 0 Å². The molecule has 2 amide bonds. The molecule has 10 heteroatoms. The second-order valence-corrected chi connectivity index (χ2v) is 11.6. The van der Waals surface area contributed by atoms with Crippen LogP contribution in [-0.4, -0.2) is 50.5 Å². The minimum Gasteiger partial charge on any atom is -0.457 e. The van der Waals surface area contributed by atoms with Gasteiger partial charge in [0, 0.05) is 17.6 Å². The largest absolute Gasteiger partial charge is 0.457 e. The van der Waals surface area contributed by atoms with E-state index in [1.165, 1.54) is 4.90 Å². The van der Waals surface area contributed by atoms with Crippen LogP contribution in [0, 0.1) is 0 Å². The van der Waals surface area contributed by atoms with E-state index >= 15 is 0 Å². The number of hydrogen-bond donors (Lipinski definition) is 1. The molecule has 0 aromatic heterocycles. The summed E-state index contributed by atoms with van der Waals surface area (Å²) in [6, 6.07) is 22.3. The predicted molar refractivity (Wildman–Crippen MR) is 153 cm³/mol. The van der Waals surface area contributed by atoms with Crippen LogP contribution in [0.2, 0.25) is 0 Å². The summed E-state index contributed by atoms with van der Waals surface area (Å²) in [5, 5.41) is 2.82. The summed E-state index contributed by atoms with van der Waals surface area (Å²) in [6.07, 6.45) is 1.80. The maximum Gasteiger partial charge on any atom is 0.244 e. The van der Waals surface area contributed by atoms with Crippen molar-refractivity contribution in [1.29, 1.82) is 0 Å². The maximum atomic E-state index is 13.6. The monoisotopic (exact) mass is 601 g/mol. The van der Waals surface area contributed by atoms with Gasteiger partial charge in [0.1, 0.15) is 24.1 Å². The molecule has 0 spiro atoms. The molecule has 38 heavy (non-hydrogen) atoms. The van der Waals surface area contributed by atoms with Crippen molar-refractivity contribution in [3.8, 4) is 11.5 Å². The van der Waals surface area contributed by atoms with Gasteiger partial charge in [-0.3, -0.25) is 13.9 Å². The molecule has 0 bridgehead atoms. The third-order valence-corrected chi connectivity index (χ3v) is 7.38. The number of benzene rings is 3. The molecule has 0 heterocycles. The van der Waals surface area contributed by atoms with E-state index in [2.05, 4.69) is 21.2 Å². The highest BCUT2D eigenvalue weighted by Crippen LogP contribution is 2.26. The Morgan fingerprint density at radius 1 is 0.974 bits per heavy atom. The second-order valence-electron chi connectivity index (χ2n) is 8.80. The number of halogens is 1. The maximum absolute atomic E-state index is 13.6. The van der Waals surface area contributed by atoms with Gasteiger partial charge in [-0.15, -0.1) is 0 Å². The molecule has 1 atom stereocenters. The van der Waals surface area contributed by atoms with Crippen LogP contribution in [0.1, 0.15) is 25.8 Å². The van der Waals surface area contributed by atoms with E-state index < -0.39 is 28.5 Å². The molecule has 8 nitrogen and oxygen atoms in total. The third-order valence-electron chi connectivity index (χ3n) is 5.74. The number of para-hydroxylation sites is 1. The van der Waals surface area contributed by atoms with Crippen LogP contribution in [-0.2, 0) is 26.2 Å². The number of sulfonamides is 1. The molecular weight excluding hydrogens is 570 g/mol. The summed E-state index contributed by atoms with van der Waals surface area (Å²) in [7, 11) is -3.82. The lowest BCUT2D eigenvalue weighted by molar-refractivity contribution is -0.139. The highest BCUT2D eigenvalue weighted by molar-refractivity contribution is 9.10. The van der Waals surface area contributed by atoms with Gasteiger partial charge in [0.25, 0.3) is 0 Å². The Balaban J connectivity index is 1.85. The highest BCUT2D eigenvalue weighted by Gasteiger charge is 2.30. The molecule has 0 aliphatic carbocycles. The van der Waals surface area contributed by atoms with Crippen molar-refractivity contribution in [1.82, 2.24) is 10.2 Å². The lowest BCUT2D eigenvalue weighted by Gasteiger charge is -2.31. The highest BCUT2D eigenvalue weighted by atomic mass is 79.9. The van der Waals surface area contributed by atoms with E-state index in [1.54, 1.807) is 31.2 Å². The number of carbonyl (C=O) groups is 2. The first kappa shape index (κ1) is 29.2. The van der Waals surface area contributed by atoms with Gasteiger partial charge in [-0.25, -0.2) is 8.42 Å². The number of anilines is 1. The molecular formula is C28H32BrN3O5S. The van der Waals surface area contributed by atoms with E-state index in [9.17, 15) is 18.0 Å². The lowest BCUT2D eigenvalue weighted by Crippen LogP contribution is -2.51. The van der Waals surface area contributed by atoms with Crippen molar-refractivity contribution < 1.29 is 22.7 Å². The first-order chi connectivity index (χ1) is 18.1. The standard InChI is InChI=1S/C28H32BrN3O5S/c1-4-17-30-28(34)21(2)31(19-22-9-8-10-23(29)18-22)27(33)20-32(38(3,35)36)24-13-15-26(16-14-24)37-25-11-6-5-7-12-25/h5-16,18,21H,4,17,19-20H2,1-3H3,(H,30,34)/t21-/m1/s1. The van der Waals surface area contributed by atoms with Crippen LogP contribution >= 0.6 is 15.9 Å². The second kappa shape index (κ2) is 13.4. The fourth-order valence-electron chi connectivity index (χ4n) is 3.73. The van der Waals surface area contributed by atoms with Crippen molar-refractivity contribution in [3.05, 3.63) is 88.9 Å². The van der Waals surface area contributed by atoms with Gasteiger partial charge >= 0.3 is 0 Å². The Hall–Kier alpha value is -3.37. The predicted octanol–water partition coefficient (Wildman–Crippen LogP) is 4.95. The molecule has 0 saturated carbocycles. The SMILES string of the molecule is CCCNC(=O)[C@@H](C)N(Cc1cccc(Br)c1)C(=O)CN(c1ccc(Oc2ccccc2)cc1)S(C)(=O)=O. The molecule has 3 aromatic rings. The van der Waals surface area contributed by atoms with Crippen molar-refractivity contribution in [3.63, 3.8) is 0 Å². The van der Waals surface area contributed by atoms with Gasteiger partial charge in [-0.2, -0.15) is 0 Å². The summed E-state index contributed by atoms with van der Waals surface area (Å²) < 4.78 is 33.2. The smallest absolute Gasteiger partial charge is 0.244 e. The topological polar surface area (TPSA) is 96.0 Å². The van der Waals surface area contributed by atoms with E-state index in [1.807, 2.05) is 61.5 Å². The van der Waals surface area contributed by atoms with Crippen molar-refractivity contribution in [2.75, 3.05) is 23.7 Å². The van der Waals surface area contributed by atoms with E-state index in [0.717, 1.165) is 27.0 Å². The van der Waals surface area contributed by atoms with Gasteiger partial charge in [-0.1, -0.05) is 53.2 Å². The summed E-state index contributed by atoms with van der Waals surface area (Å²) in [5.74, 6) is 0.369.